The van der Waals surface area contributed by atoms with Crippen molar-refractivity contribution in [2.24, 2.45) is 4.99 Å². The van der Waals surface area contributed by atoms with Crippen molar-refractivity contribution in [3.05, 3.63) is 99.6 Å². The zero-order valence-corrected chi connectivity index (χ0v) is 16.7. The molecule has 0 unspecified atom stereocenters. The van der Waals surface area contributed by atoms with E-state index in [2.05, 4.69) is 32.9 Å². The highest BCUT2D eigenvalue weighted by atomic mass is 16.3. The minimum atomic E-state index is -1.29. The van der Waals surface area contributed by atoms with Crippen LogP contribution in [0.2, 0.25) is 0 Å². The molecule has 1 N–H and O–H groups in total. The zero-order valence-electron chi connectivity index (χ0n) is 16.7. The minimum Gasteiger partial charge on any atom is -0.375 e. The van der Waals surface area contributed by atoms with Crippen LogP contribution in [0.1, 0.15) is 38.9 Å². The Kier molecular flexibility index (Phi) is 5.29. The number of rotatable bonds is 4. The Balaban J connectivity index is 2.13. The molecular weight excluding hydrogens is 330 g/mol. The number of aryl methyl sites for hydroxylation is 5. The van der Waals surface area contributed by atoms with Crippen LogP contribution in [-0.2, 0) is 5.60 Å². The molecule has 0 radical (unpaired) electrons. The topological polar surface area (TPSA) is 32.6 Å². The van der Waals surface area contributed by atoms with Gasteiger partial charge >= 0.3 is 0 Å². The van der Waals surface area contributed by atoms with Crippen LogP contribution in [0.15, 0.2) is 65.7 Å². The van der Waals surface area contributed by atoms with E-state index < -0.39 is 5.60 Å². The molecule has 0 fully saturated rings. The Hall–Kier alpha value is -2.71. The molecule has 0 heterocycles. The van der Waals surface area contributed by atoms with E-state index >= 15 is 0 Å². The van der Waals surface area contributed by atoms with Gasteiger partial charge in [-0.05, 0) is 56.9 Å². The lowest BCUT2D eigenvalue weighted by Crippen LogP contribution is -2.29. The molecule has 0 aromatic heterocycles. The summed E-state index contributed by atoms with van der Waals surface area (Å²) in [6.45, 7) is 10.3. The van der Waals surface area contributed by atoms with Gasteiger partial charge in [-0.25, -0.2) is 0 Å². The lowest BCUT2D eigenvalue weighted by molar-refractivity contribution is 0.161. The smallest absolute Gasteiger partial charge is 0.150 e. The first-order valence-electron chi connectivity index (χ1n) is 9.29. The number of nitrogens with zero attached hydrogens (tertiary/aromatic N) is 1. The number of benzene rings is 3. The molecule has 2 heteroatoms. The van der Waals surface area contributed by atoms with E-state index in [1.807, 2.05) is 62.4 Å². The van der Waals surface area contributed by atoms with Gasteiger partial charge in [0.2, 0.25) is 0 Å². The van der Waals surface area contributed by atoms with Crippen molar-refractivity contribution >= 4 is 11.9 Å². The maximum absolute atomic E-state index is 11.7. The molecule has 0 amide bonds. The van der Waals surface area contributed by atoms with Gasteiger partial charge in [-0.2, -0.15) is 0 Å². The Bertz CT molecular complexity index is 898. The maximum Gasteiger partial charge on any atom is 0.150 e. The molecule has 0 aliphatic heterocycles. The van der Waals surface area contributed by atoms with Gasteiger partial charge in [-0.1, -0.05) is 77.4 Å². The molecule has 0 aliphatic rings. The van der Waals surface area contributed by atoms with Crippen molar-refractivity contribution in [3.63, 3.8) is 0 Å². The summed E-state index contributed by atoms with van der Waals surface area (Å²) in [5.41, 5.74) is 7.00. The summed E-state index contributed by atoms with van der Waals surface area (Å²) in [6, 6.07) is 20.2. The second kappa shape index (κ2) is 7.50. The van der Waals surface area contributed by atoms with E-state index in [1.54, 1.807) is 6.21 Å². The standard InChI is InChI=1S/C25H27NO/c1-17-6-10-22(11-7-17)25(27,23-12-8-18(2)9-13-23)16-26-24-20(4)14-19(3)15-21(24)5/h6-16,27H,1-5H3. The molecule has 138 valence electrons. The Labute approximate surface area is 162 Å². The summed E-state index contributed by atoms with van der Waals surface area (Å²) in [7, 11) is 0. The predicted molar refractivity (Wildman–Crippen MR) is 114 cm³/mol. The van der Waals surface area contributed by atoms with Crippen molar-refractivity contribution in [2.75, 3.05) is 0 Å². The highest BCUT2D eigenvalue weighted by Crippen LogP contribution is 2.31. The third-order valence-corrected chi connectivity index (χ3v) is 5.00. The fraction of sp³-hybridized carbons (Fsp3) is 0.240. The maximum atomic E-state index is 11.7. The summed E-state index contributed by atoms with van der Waals surface area (Å²) in [5.74, 6) is 0. The van der Waals surface area contributed by atoms with E-state index in [9.17, 15) is 5.11 Å². The summed E-state index contributed by atoms with van der Waals surface area (Å²) in [5, 5.41) is 11.7. The fourth-order valence-corrected chi connectivity index (χ4v) is 3.47. The van der Waals surface area contributed by atoms with E-state index in [4.69, 9.17) is 4.99 Å². The average Bonchev–Trinajstić information content (AvgIpc) is 2.61. The van der Waals surface area contributed by atoms with E-state index in [0.29, 0.717) is 0 Å². The highest BCUT2D eigenvalue weighted by molar-refractivity contribution is 5.80. The lowest BCUT2D eigenvalue weighted by Gasteiger charge is -2.26. The Morgan fingerprint density at radius 3 is 1.48 bits per heavy atom. The second-order valence-electron chi connectivity index (χ2n) is 7.50. The molecule has 0 saturated carbocycles. The van der Waals surface area contributed by atoms with Crippen molar-refractivity contribution in [2.45, 2.75) is 40.2 Å². The lowest BCUT2D eigenvalue weighted by atomic mass is 9.86. The molecule has 3 aromatic rings. The fourth-order valence-electron chi connectivity index (χ4n) is 3.47. The molecule has 2 nitrogen and oxygen atoms in total. The van der Waals surface area contributed by atoms with Crippen LogP contribution in [0, 0.1) is 34.6 Å². The largest absolute Gasteiger partial charge is 0.375 e. The van der Waals surface area contributed by atoms with Crippen LogP contribution < -0.4 is 0 Å². The van der Waals surface area contributed by atoms with Gasteiger partial charge in [0.25, 0.3) is 0 Å². The van der Waals surface area contributed by atoms with Crippen molar-refractivity contribution in [3.8, 4) is 0 Å². The predicted octanol–water partition coefficient (Wildman–Crippen LogP) is 5.87. The van der Waals surface area contributed by atoms with Crippen LogP contribution in [0.4, 0.5) is 5.69 Å². The number of hydrogen-bond donors (Lipinski definition) is 1. The third kappa shape index (κ3) is 4.01. The van der Waals surface area contributed by atoms with Gasteiger partial charge in [0, 0.05) is 6.21 Å². The first kappa shape index (κ1) is 19.1. The van der Waals surface area contributed by atoms with Gasteiger partial charge in [0.15, 0.2) is 5.60 Å². The molecule has 0 saturated heterocycles. The quantitative estimate of drug-likeness (QED) is 0.582. The van der Waals surface area contributed by atoms with Gasteiger partial charge in [0.1, 0.15) is 0 Å². The summed E-state index contributed by atoms with van der Waals surface area (Å²) in [4.78, 5) is 4.74. The Morgan fingerprint density at radius 1 is 0.667 bits per heavy atom. The number of aliphatic imine (C=N–C) groups is 1. The van der Waals surface area contributed by atoms with Gasteiger partial charge in [-0.3, -0.25) is 4.99 Å². The highest BCUT2D eigenvalue weighted by Gasteiger charge is 2.29. The summed E-state index contributed by atoms with van der Waals surface area (Å²) in [6.07, 6.45) is 1.67. The van der Waals surface area contributed by atoms with Crippen molar-refractivity contribution < 1.29 is 5.11 Å². The monoisotopic (exact) mass is 357 g/mol. The van der Waals surface area contributed by atoms with Crippen LogP contribution in [-0.4, -0.2) is 11.3 Å². The van der Waals surface area contributed by atoms with Crippen LogP contribution in [0.3, 0.4) is 0 Å². The van der Waals surface area contributed by atoms with Gasteiger partial charge in [-0.15, -0.1) is 0 Å². The van der Waals surface area contributed by atoms with Crippen LogP contribution >= 0.6 is 0 Å². The summed E-state index contributed by atoms with van der Waals surface area (Å²) < 4.78 is 0. The first-order valence-corrected chi connectivity index (χ1v) is 9.29. The molecule has 3 rings (SSSR count). The minimum absolute atomic E-state index is 0.808. The Morgan fingerprint density at radius 2 is 1.07 bits per heavy atom. The summed E-state index contributed by atoms with van der Waals surface area (Å²) >= 11 is 0. The molecule has 0 spiro atoms. The molecule has 27 heavy (non-hydrogen) atoms. The van der Waals surface area contributed by atoms with Crippen molar-refractivity contribution in [1.82, 2.24) is 0 Å². The molecule has 0 aliphatic carbocycles. The first-order chi connectivity index (χ1) is 12.8. The van der Waals surface area contributed by atoms with Gasteiger partial charge in [0.05, 0.1) is 5.69 Å². The van der Waals surface area contributed by atoms with Crippen LogP contribution in [0.25, 0.3) is 0 Å². The van der Waals surface area contributed by atoms with Crippen LogP contribution in [0.5, 0.6) is 0 Å². The van der Waals surface area contributed by atoms with Gasteiger partial charge < -0.3 is 5.11 Å². The van der Waals surface area contributed by atoms with Crippen molar-refractivity contribution in [1.29, 1.82) is 0 Å². The SMILES string of the molecule is Cc1ccc(C(O)(C=Nc2c(C)cc(C)cc2C)c2ccc(C)cc2)cc1. The zero-order chi connectivity index (χ0) is 19.6. The van der Waals surface area contributed by atoms with E-state index in [-0.39, 0.29) is 0 Å². The normalized spacial score (nSPS) is 11.9. The third-order valence-electron chi connectivity index (χ3n) is 5.00. The second-order valence-corrected chi connectivity index (χ2v) is 7.50. The molecule has 0 bridgehead atoms. The molecule has 3 aromatic carbocycles. The number of aliphatic hydroxyl groups is 1. The van der Waals surface area contributed by atoms with E-state index in [1.165, 1.54) is 5.56 Å². The average molecular weight is 357 g/mol. The molecule has 0 atom stereocenters. The number of hydrogen-bond acceptors (Lipinski definition) is 2. The van der Waals surface area contributed by atoms with E-state index in [0.717, 1.165) is 39.1 Å². The molecular formula is C25H27NO.